The van der Waals surface area contributed by atoms with Crippen molar-refractivity contribution in [2.75, 3.05) is 13.2 Å². The van der Waals surface area contributed by atoms with Gasteiger partial charge in [-0.15, -0.1) is 0 Å². The Hall–Kier alpha value is -3.41. The molecule has 0 aliphatic carbocycles. The van der Waals surface area contributed by atoms with Crippen molar-refractivity contribution in [3.05, 3.63) is 68.8 Å². The molecule has 0 saturated carbocycles. The van der Waals surface area contributed by atoms with Crippen LogP contribution in [0.5, 0.6) is 11.5 Å². The van der Waals surface area contributed by atoms with E-state index in [0.717, 1.165) is 6.07 Å². The van der Waals surface area contributed by atoms with Crippen molar-refractivity contribution in [1.82, 2.24) is 0 Å². The van der Waals surface area contributed by atoms with Crippen molar-refractivity contribution < 1.29 is 83.4 Å². The van der Waals surface area contributed by atoms with Crippen LogP contribution in [0.15, 0.2) is 48.5 Å². The number of phosphoric acid groups is 1. The number of hydrogen-bond donors (Lipinski definition) is 7. The Bertz CT molecular complexity index is 1380. The van der Waals surface area contributed by atoms with E-state index in [1.54, 1.807) is 0 Å². The molecule has 0 aromatic heterocycles. The molecule has 22 heteroatoms. The van der Waals surface area contributed by atoms with Gasteiger partial charge in [-0.25, -0.2) is 0 Å². The molecule has 2 aromatic rings. The fraction of sp³-hybridized carbons (Fsp3) is 0.500. The minimum atomic E-state index is -5.37. The summed E-state index contributed by atoms with van der Waals surface area (Å²) in [6.45, 7) is -1.55. The van der Waals surface area contributed by atoms with Crippen LogP contribution < -0.4 is 19.3 Å². The summed E-state index contributed by atoms with van der Waals surface area (Å²) in [5.74, 6) is -0.454. The second-order valence-corrected chi connectivity index (χ2v) is 10.8. The van der Waals surface area contributed by atoms with Crippen molar-refractivity contribution in [3.63, 3.8) is 0 Å². The minimum Gasteiger partial charge on any atom is -0.790 e. The summed E-state index contributed by atoms with van der Waals surface area (Å²) >= 11 is 0. The Morgan fingerprint density at radius 2 is 1.07 bits per heavy atom. The van der Waals surface area contributed by atoms with Crippen LogP contribution in [-0.2, 0) is 18.6 Å². The Kier molecular flexibility index (Phi) is 12.8. The van der Waals surface area contributed by atoms with Gasteiger partial charge in [-0.2, -0.15) is 0 Å². The summed E-state index contributed by atoms with van der Waals surface area (Å²) in [6.07, 6.45) is -16.0. The molecule has 0 radical (unpaired) electrons. The van der Waals surface area contributed by atoms with Crippen LogP contribution in [0.25, 0.3) is 0 Å². The van der Waals surface area contributed by atoms with Gasteiger partial charge in [-0.1, -0.05) is 24.3 Å². The Labute approximate surface area is 257 Å². The molecular formula is C24H29N2O19P-2. The molecule has 256 valence electrons. The molecule has 0 bridgehead atoms. The van der Waals surface area contributed by atoms with E-state index in [9.17, 15) is 65.2 Å². The maximum Gasteiger partial charge on any atom is 0.311 e. The topological polar surface area (TPSA) is 337 Å². The lowest BCUT2D eigenvalue weighted by molar-refractivity contribution is -0.387. The van der Waals surface area contributed by atoms with Gasteiger partial charge >= 0.3 is 11.4 Å². The zero-order chi connectivity index (χ0) is 34.3. The fourth-order valence-electron chi connectivity index (χ4n) is 4.15. The third-order valence-electron chi connectivity index (χ3n) is 6.52. The van der Waals surface area contributed by atoms with Crippen molar-refractivity contribution in [2.45, 2.75) is 61.4 Å². The van der Waals surface area contributed by atoms with E-state index in [4.69, 9.17) is 24.1 Å². The summed E-state index contributed by atoms with van der Waals surface area (Å²) in [6, 6.07) is 10.6. The highest BCUT2D eigenvalue weighted by Gasteiger charge is 2.46. The molecule has 2 aromatic carbocycles. The van der Waals surface area contributed by atoms with Crippen LogP contribution in [0.1, 0.15) is 0 Å². The number of nitro benzene ring substituents is 2. The minimum absolute atomic E-state index is 0.160. The van der Waals surface area contributed by atoms with Crippen molar-refractivity contribution >= 4 is 19.2 Å². The van der Waals surface area contributed by atoms with Gasteiger partial charge in [-0.05, 0) is 12.1 Å². The third kappa shape index (κ3) is 9.33. The smallest absolute Gasteiger partial charge is 0.311 e. The molecule has 0 amide bonds. The van der Waals surface area contributed by atoms with Gasteiger partial charge < -0.3 is 73.6 Å². The van der Waals surface area contributed by atoms with Crippen LogP contribution >= 0.6 is 7.82 Å². The zero-order valence-electron chi connectivity index (χ0n) is 23.2. The standard InChI is InChI=1S/C12H16NO11P.C12H15NO8/c14-9-8(5-22-25(19,20)21)24-12(11(16)10(9)15)23-7-4-2-1-3-6(7)13(17)18;14-5-8-9(15)10(16)11(17)12(21-8)20-7-4-2-1-3-6(7)13(18)19/h1-4,8-12,14-16H,5H2,(H2,19,20,21);1-4,8-12,14-17H,5H2/p-2. The number of rotatable bonds is 10. The lowest BCUT2D eigenvalue weighted by Gasteiger charge is -2.41. The van der Waals surface area contributed by atoms with E-state index in [1.807, 2.05) is 0 Å². The molecule has 4 rings (SSSR count). The maximum absolute atomic E-state index is 11.0. The number of nitrogens with zero attached hydrogens (tertiary/aromatic N) is 2. The molecule has 0 spiro atoms. The van der Waals surface area contributed by atoms with Gasteiger partial charge in [0.2, 0.25) is 12.6 Å². The number of aliphatic hydroxyl groups excluding tert-OH is 7. The van der Waals surface area contributed by atoms with Crippen molar-refractivity contribution in [2.24, 2.45) is 0 Å². The molecule has 2 fully saturated rings. The largest absolute Gasteiger partial charge is 0.790 e. The molecule has 7 N–H and O–H groups in total. The summed E-state index contributed by atoms with van der Waals surface area (Å²) in [5.41, 5.74) is -0.787. The zero-order valence-corrected chi connectivity index (χ0v) is 24.1. The highest BCUT2D eigenvalue weighted by atomic mass is 31.2. The van der Waals surface area contributed by atoms with Crippen LogP contribution in [0.3, 0.4) is 0 Å². The van der Waals surface area contributed by atoms with Crippen molar-refractivity contribution in [1.29, 1.82) is 0 Å². The molecule has 21 nitrogen and oxygen atoms in total. The number of aliphatic hydroxyl groups is 7. The summed E-state index contributed by atoms with van der Waals surface area (Å²) in [4.78, 5) is 41.4. The highest BCUT2D eigenvalue weighted by molar-refractivity contribution is 7.43. The van der Waals surface area contributed by atoms with Gasteiger partial charge in [0.25, 0.3) is 0 Å². The van der Waals surface area contributed by atoms with E-state index in [2.05, 4.69) is 4.52 Å². The van der Waals surface area contributed by atoms with E-state index in [-0.39, 0.29) is 17.2 Å². The number of benzene rings is 2. The molecule has 46 heavy (non-hydrogen) atoms. The normalized spacial score (nSPS) is 31.2. The van der Waals surface area contributed by atoms with Gasteiger partial charge in [-0.3, -0.25) is 20.2 Å². The predicted molar refractivity (Wildman–Crippen MR) is 141 cm³/mol. The fourth-order valence-corrected chi connectivity index (χ4v) is 4.48. The predicted octanol–water partition coefficient (Wildman–Crippen LogP) is -3.60. The van der Waals surface area contributed by atoms with Crippen LogP contribution in [0.2, 0.25) is 0 Å². The number of nitro groups is 2. The summed E-state index contributed by atoms with van der Waals surface area (Å²) in [5, 5.41) is 89.4. The van der Waals surface area contributed by atoms with Crippen LogP contribution in [0.4, 0.5) is 11.4 Å². The maximum atomic E-state index is 11.0. The van der Waals surface area contributed by atoms with E-state index >= 15 is 0 Å². The van der Waals surface area contributed by atoms with Gasteiger partial charge in [0.15, 0.2) is 11.5 Å². The first-order chi connectivity index (χ1) is 21.5. The summed E-state index contributed by atoms with van der Waals surface area (Å²) < 4.78 is 35.1. The highest BCUT2D eigenvalue weighted by Crippen LogP contribution is 2.33. The average Bonchev–Trinajstić information content (AvgIpc) is 3.01. The number of ether oxygens (including phenoxy) is 4. The van der Waals surface area contributed by atoms with Crippen LogP contribution in [-0.4, -0.2) is 120 Å². The second kappa shape index (κ2) is 15.9. The Morgan fingerprint density at radius 3 is 1.46 bits per heavy atom. The van der Waals surface area contributed by atoms with E-state index in [1.165, 1.54) is 42.5 Å². The Morgan fingerprint density at radius 1 is 0.674 bits per heavy atom. The molecule has 10 unspecified atom stereocenters. The first-order valence-electron chi connectivity index (χ1n) is 13.0. The SMILES string of the molecule is O=[N+]([O-])c1ccccc1OC1OC(CO)C(O)C(O)C1O.O=[N+]([O-])c1ccccc1OC1OC(COP(=O)([O-])[O-])C(O)C(O)C1O. The van der Waals surface area contributed by atoms with Gasteiger partial charge in [0.1, 0.15) is 48.8 Å². The lowest BCUT2D eigenvalue weighted by atomic mass is 9.99. The quantitative estimate of drug-likeness (QED) is 0.0724. The molecule has 2 aliphatic rings. The Balaban J connectivity index is 0.000000254. The molecule has 2 aliphatic heterocycles. The van der Waals surface area contributed by atoms with Gasteiger partial charge in [0, 0.05) is 12.1 Å². The van der Waals surface area contributed by atoms with E-state index in [0.29, 0.717) is 0 Å². The molecule has 2 heterocycles. The monoisotopic (exact) mass is 680 g/mol. The average molecular weight is 680 g/mol. The molecule has 2 saturated heterocycles. The van der Waals surface area contributed by atoms with Gasteiger partial charge in [0.05, 0.1) is 30.9 Å². The first-order valence-corrected chi connectivity index (χ1v) is 14.5. The second-order valence-electron chi connectivity index (χ2n) is 9.64. The summed E-state index contributed by atoms with van der Waals surface area (Å²) in [7, 11) is -5.37. The van der Waals surface area contributed by atoms with E-state index < -0.39 is 98.0 Å². The van der Waals surface area contributed by atoms with Crippen LogP contribution in [0, 0.1) is 20.2 Å². The number of hydrogen-bond acceptors (Lipinski definition) is 19. The number of para-hydroxylation sites is 4. The lowest BCUT2D eigenvalue weighted by Crippen LogP contribution is -2.60. The number of phosphoric ester groups is 1. The molecular weight excluding hydrogens is 651 g/mol. The van der Waals surface area contributed by atoms with Crippen molar-refractivity contribution in [3.8, 4) is 11.5 Å². The third-order valence-corrected chi connectivity index (χ3v) is 6.99. The molecule has 10 atom stereocenters. The first kappa shape index (κ1) is 37.1.